The standard InChI is InChI=1S/C14H20N4/c1-14(2,15)13-9-16-10-18(13)12-8-6-5-7-11(12)17(3)4/h5-10H,15H2,1-4H3. The molecule has 96 valence electrons. The highest BCUT2D eigenvalue weighted by molar-refractivity contribution is 5.62. The summed E-state index contributed by atoms with van der Waals surface area (Å²) in [4.78, 5) is 6.32. The van der Waals surface area contributed by atoms with Crippen molar-refractivity contribution in [2.45, 2.75) is 19.4 Å². The predicted molar refractivity (Wildman–Crippen MR) is 75.1 cm³/mol. The summed E-state index contributed by atoms with van der Waals surface area (Å²) < 4.78 is 2.05. The third-order valence-electron chi connectivity index (χ3n) is 2.92. The summed E-state index contributed by atoms with van der Waals surface area (Å²) in [5, 5.41) is 0. The Morgan fingerprint density at radius 1 is 1.22 bits per heavy atom. The van der Waals surface area contributed by atoms with E-state index in [4.69, 9.17) is 5.73 Å². The molecule has 4 nitrogen and oxygen atoms in total. The Kier molecular flexibility index (Phi) is 3.13. The lowest BCUT2D eigenvalue weighted by Gasteiger charge is -2.24. The molecule has 0 aliphatic rings. The molecule has 2 aromatic rings. The Labute approximate surface area is 108 Å². The molecule has 1 aromatic carbocycles. The van der Waals surface area contributed by atoms with Gasteiger partial charge in [-0.2, -0.15) is 0 Å². The van der Waals surface area contributed by atoms with Crippen LogP contribution in [0.1, 0.15) is 19.5 Å². The molecule has 1 heterocycles. The fraction of sp³-hybridized carbons (Fsp3) is 0.357. The van der Waals surface area contributed by atoms with Crippen LogP contribution in [0.4, 0.5) is 5.69 Å². The highest BCUT2D eigenvalue weighted by atomic mass is 15.1. The van der Waals surface area contributed by atoms with Gasteiger partial charge in [0.1, 0.15) is 0 Å². The van der Waals surface area contributed by atoms with Crippen molar-refractivity contribution in [1.82, 2.24) is 9.55 Å². The van der Waals surface area contributed by atoms with Crippen LogP contribution >= 0.6 is 0 Å². The van der Waals surface area contributed by atoms with Crippen LogP contribution in [-0.4, -0.2) is 23.6 Å². The number of hydrogen-bond donors (Lipinski definition) is 1. The topological polar surface area (TPSA) is 47.1 Å². The average Bonchev–Trinajstić information content (AvgIpc) is 2.77. The van der Waals surface area contributed by atoms with Crippen LogP contribution in [0.2, 0.25) is 0 Å². The molecule has 2 rings (SSSR count). The van der Waals surface area contributed by atoms with Crippen LogP contribution in [0.15, 0.2) is 36.8 Å². The van der Waals surface area contributed by atoms with Crippen molar-refractivity contribution < 1.29 is 0 Å². The monoisotopic (exact) mass is 244 g/mol. The first-order valence-electron chi connectivity index (χ1n) is 5.99. The summed E-state index contributed by atoms with van der Waals surface area (Å²) in [7, 11) is 4.06. The molecule has 0 atom stereocenters. The van der Waals surface area contributed by atoms with Gasteiger partial charge in [-0.1, -0.05) is 12.1 Å². The van der Waals surface area contributed by atoms with Crippen molar-refractivity contribution in [3.05, 3.63) is 42.5 Å². The first-order valence-corrected chi connectivity index (χ1v) is 5.99. The van der Waals surface area contributed by atoms with Gasteiger partial charge < -0.3 is 10.6 Å². The normalized spacial score (nSPS) is 11.6. The number of anilines is 1. The number of para-hydroxylation sites is 2. The van der Waals surface area contributed by atoms with Gasteiger partial charge in [0.2, 0.25) is 0 Å². The zero-order valence-corrected chi connectivity index (χ0v) is 11.4. The van der Waals surface area contributed by atoms with E-state index in [0.717, 1.165) is 17.1 Å². The van der Waals surface area contributed by atoms with Gasteiger partial charge in [-0.15, -0.1) is 0 Å². The van der Waals surface area contributed by atoms with Gasteiger partial charge in [0.05, 0.1) is 35.1 Å². The van der Waals surface area contributed by atoms with Crippen LogP contribution < -0.4 is 10.6 Å². The van der Waals surface area contributed by atoms with Gasteiger partial charge >= 0.3 is 0 Å². The first-order chi connectivity index (χ1) is 8.41. The van der Waals surface area contributed by atoms with Crippen LogP contribution in [0.25, 0.3) is 5.69 Å². The second kappa shape index (κ2) is 4.46. The van der Waals surface area contributed by atoms with E-state index >= 15 is 0 Å². The summed E-state index contributed by atoms with van der Waals surface area (Å²) in [5.41, 5.74) is 9.00. The van der Waals surface area contributed by atoms with Crippen LogP contribution in [0.3, 0.4) is 0 Å². The third kappa shape index (κ3) is 2.24. The molecule has 0 aliphatic heterocycles. The van der Waals surface area contributed by atoms with E-state index in [1.165, 1.54) is 0 Å². The highest BCUT2D eigenvalue weighted by Crippen LogP contribution is 2.27. The number of aromatic nitrogens is 2. The van der Waals surface area contributed by atoms with Gasteiger partial charge in [-0.05, 0) is 26.0 Å². The molecule has 4 heteroatoms. The summed E-state index contributed by atoms with van der Waals surface area (Å²) >= 11 is 0. The van der Waals surface area contributed by atoms with Crippen molar-refractivity contribution in [3.63, 3.8) is 0 Å². The van der Waals surface area contributed by atoms with Crippen molar-refractivity contribution >= 4 is 5.69 Å². The van der Waals surface area contributed by atoms with Gasteiger partial charge in [0.25, 0.3) is 0 Å². The van der Waals surface area contributed by atoms with Gasteiger partial charge in [0, 0.05) is 14.1 Å². The minimum Gasteiger partial charge on any atom is -0.376 e. The zero-order valence-electron chi connectivity index (χ0n) is 11.4. The van der Waals surface area contributed by atoms with Crippen molar-refractivity contribution in [3.8, 4) is 5.69 Å². The van der Waals surface area contributed by atoms with Crippen molar-refractivity contribution in [2.24, 2.45) is 5.73 Å². The molecule has 0 radical (unpaired) electrons. The Morgan fingerprint density at radius 2 is 1.89 bits per heavy atom. The maximum Gasteiger partial charge on any atom is 0.0995 e. The molecule has 0 bridgehead atoms. The summed E-state index contributed by atoms with van der Waals surface area (Å²) in [5.74, 6) is 0. The van der Waals surface area contributed by atoms with E-state index in [9.17, 15) is 0 Å². The molecule has 1 aromatic heterocycles. The molecular formula is C14H20N4. The van der Waals surface area contributed by atoms with E-state index in [-0.39, 0.29) is 0 Å². The molecule has 0 saturated carbocycles. The van der Waals surface area contributed by atoms with Crippen LogP contribution in [0, 0.1) is 0 Å². The summed E-state index contributed by atoms with van der Waals surface area (Å²) in [6.45, 7) is 3.97. The number of imidazole rings is 1. The van der Waals surface area contributed by atoms with Crippen molar-refractivity contribution in [1.29, 1.82) is 0 Å². The summed E-state index contributed by atoms with van der Waals surface area (Å²) in [6.07, 6.45) is 3.64. The van der Waals surface area contributed by atoms with Crippen molar-refractivity contribution in [2.75, 3.05) is 19.0 Å². The van der Waals surface area contributed by atoms with E-state index in [2.05, 4.69) is 26.6 Å². The van der Waals surface area contributed by atoms with Gasteiger partial charge in [-0.3, -0.25) is 4.57 Å². The Hall–Kier alpha value is -1.81. The SMILES string of the molecule is CN(C)c1ccccc1-n1cncc1C(C)(C)N. The molecule has 2 N–H and O–H groups in total. The number of rotatable bonds is 3. The number of nitrogens with zero attached hydrogens (tertiary/aromatic N) is 3. The first kappa shape index (κ1) is 12.6. The van der Waals surface area contributed by atoms with Crippen LogP contribution in [-0.2, 0) is 5.54 Å². The molecule has 0 saturated heterocycles. The Morgan fingerprint density at radius 3 is 2.50 bits per heavy atom. The zero-order chi connectivity index (χ0) is 13.3. The van der Waals surface area contributed by atoms with Gasteiger partial charge in [0.15, 0.2) is 0 Å². The highest BCUT2D eigenvalue weighted by Gasteiger charge is 2.21. The second-order valence-corrected chi connectivity index (χ2v) is 5.25. The lowest BCUT2D eigenvalue weighted by Crippen LogP contribution is -2.31. The molecular weight excluding hydrogens is 224 g/mol. The maximum absolute atomic E-state index is 6.19. The quantitative estimate of drug-likeness (QED) is 0.899. The molecule has 18 heavy (non-hydrogen) atoms. The third-order valence-corrected chi connectivity index (χ3v) is 2.92. The number of nitrogens with two attached hydrogens (primary N) is 1. The van der Waals surface area contributed by atoms with Crippen LogP contribution in [0.5, 0.6) is 0 Å². The fourth-order valence-corrected chi connectivity index (χ4v) is 2.01. The van der Waals surface area contributed by atoms with E-state index in [1.807, 2.05) is 52.6 Å². The molecule has 0 aliphatic carbocycles. The molecule has 0 spiro atoms. The Balaban J connectivity index is 2.60. The van der Waals surface area contributed by atoms with E-state index < -0.39 is 5.54 Å². The maximum atomic E-state index is 6.19. The lowest BCUT2D eigenvalue weighted by molar-refractivity contribution is 0.524. The minimum absolute atomic E-state index is 0.421. The smallest absolute Gasteiger partial charge is 0.0995 e. The van der Waals surface area contributed by atoms with E-state index in [0.29, 0.717) is 0 Å². The number of benzene rings is 1. The average molecular weight is 244 g/mol. The van der Waals surface area contributed by atoms with E-state index in [1.54, 1.807) is 0 Å². The number of hydrogen-bond acceptors (Lipinski definition) is 3. The molecule has 0 fully saturated rings. The Bertz CT molecular complexity index is 535. The fourth-order valence-electron chi connectivity index (χ4n) is 2.01. The van der Waals surface area contributed by atoms with Gasteiger partial charge in [-0.25, -0.2) is 4.98 Å². The lowest BCUT2D eigenvalue weighted by atomic mass is 10.0. The predicted octanol–water partition coefficient (Wildman–Crippen LogP) is 2.13. The molecule has 0 unspecified atom stereocenters. The second-order valence-electron chi connectivity index (χ2n) is 5.25. The minimum atomic E-state index is -0.421. The summed E-state index contributed by atoms with van der Waals surface area (Å²) in [6, 6.07) is 8.22. The largest absolute Gasteiger partial charge is 0.376 e. The molecule has 0 amide bonds.